The van der Waals surface area contributed by atoms with Crippen LogP contribution in [0.1, 0.15) is 224 Å². The number of hydrogen-bond acceptors (Lipinski definition) is 0. The Morgan fingerprint density at radius 1 is 0.392 bits per heavy atom. The van der Waals surface area contributed by atoms with E-state index in [9.17, 15) is 0 Å². The first-order valence-electron chi connectivity index (χ1n) is 39.1. The molecule has 0 N–H and O–H groups in total. The number of pyridine rings is 4. The normalized spacial score (nSPS) is 18.9. The monoisotopic (exact) mass is 1100 g/mol. The molecule has 0 aliphatic heterocycles. The highest BCUT2D eigenvalue weighted by molar-refractivity contribution is 5.67. The average Bonchev–Trinajstić information content (AvgIpc) is 0.758. The van der Waals surface area contributed by atoms with Crippen LogP contribution in [-0.2, 0) is 34.6 Å². The highest BCUT2D eigenvalue weighted by Crippen LogP contribution is 2.30. The van der Waals surface area contributed by atoms with Crippen LogP contribution in [0, 0.1) is 82.7 Å². The molecule has 0 saturated carbocycles. The van der Waals surface area contributed by atoms with Crippen molar-refractivity contribution in [1.82, 2.24) is 0 Å². The first kappa shape index (κ1) is 36.0. The number of aromatic nitrogens is 4. The largest absolute Gasteiger partial charge is 0.215 e. The van der Waals surface area contributed by atoms with E-state index in [4.69, 9.17) is 39.8 Å². The molecule has 0 fully saturated rings. The third-order valence-electron chi connectivity index (χ3n) is 13.1. The summed E-state index contributed by atoms with van der Waals surface area (Å²) in [5, 5.41) is 0. The van der Waals surface area contributed by atoms with Crippen molar-refractivity contribution in [1.29, 1.82) is 0 Å². The van der Waals surface area contributed by atoms with Crippen molar-refractivity contribution in [2.24, 2.45) is 28.2 Å². The molecule has 4 nitrogen and oxygen atoms in total. The van der Waals surface area contributed by atoms with Crippen LogP contribution in [0.4, 0.5) is 0 Å². The van der Waals surface area contributed by atoms with Gasteiger partial charge in [-0.25, -0.2) is 18.3 Å². The van der Waals surface area contributed by atoms with Crippen molar-refractivity contribution in [3.05, 3.63) is 211 Å². The van der Waals surface area contributed by atoms with Crippen LogP contribution in [0.2, 0.25) is 0 Å². The van der Waals surface area contributed by atoms with Gasteiger partial charge in [-0.15, -0.1) is 0 Å². The van der Waals surface area contributed by atoms with Gasteiger partial charge >= 0.3 is 0 Å². The minimum atomic E-state index is -2.76. The van der Waals surface area contributed by atoms with Gasteiger partial charge in [0.2, 0.25) is 22.8 Å². The van der Waals surface area contributed by atoms with Crippen LogP contribution in [0.15, 0.2) is 122 Å². The molecule has 4 aromatic carbocycles. The summed E-state index contributed by atoms with van der Waals surface area (Å²) >= 11 is 0. The topological polar surface area (TPSA) is 15.5 Å². The number of rotatable bonds is 8. The van der Waals surface area contributed by atoms with Gasteiger partial charge in [0, 0.05) is 108 Å². The van der Waals surface area contributed by atoms with Crippen LogP contribution in [-0.4, -0.2) is 0 Å². The van der Waals surface area contributed by atoms with Crippen LogP contribution in [0.5, 0.6) is 0 Å². The lowest BCUT2D eigenvalue weighted by Crippen LogP contribution is -2.32. The van der Waals surface area contributed by atoms with E-state index in [1.54, 1.807) is 116 Å². The van der Waals surface area contributed by atoms with Crippen molar-refractivity contribution in [2.75, 3.05) is 0 Å². The number of benzene rings is 4. The molecule has 0 amide bonds. The fourth-order valence-electron chi connectivity index (χ4n) is 9.37. The van der Waals surface area contributed by atoms with E-state index in [1.807, 2.05) is 84.3 Å². The lowest BCUT2D eigenvalue weighted by molar-refractivity contribution is -0.661. The molecule has 0 bridgehead atoms. The third kappa shape index (κ3) is 17.7. The zero-order chi connectivity index (χ0) is 80.3. The van der Waals surface area contributed by atoms with Crippen molar-refractivity contribution < 1.29 is 58.0 Å². The summed E-state index contributed by atoms with van der Waals surface area (Å²) < 4.78 is 230. The predicted octanol–water partition coefficient (Wildman–Crippen LogP) is 18.9. The summed E-state index contributed by atoms with van der Waals surface area (Å²) in [7, 11) is 7.05. The molecule has 0 radical (unpaired) electrons. The molecule has 0 saturated heterocycles. The van der Waals surface area contributed by atoms with Gasteiger partial charge in [-0.05, 0) is 188 Å². The Morgan fingerprint density at radius 3 is 1.28 bits per heavy atom. The quantitative estimate of drug-likeness (QED) is 0.135. The van der Waals surface area contributed by atoms with Gasteiger partial charge in [-0.3, -0.25) is 0 Å². The molecule has 2 atom stereocenters. The smallest absolute Gasteiger partial charge is 0.201 e. The van der Waals surface area contributed by atoms with Crippen LogP contribution in [0.25, 0.3) is 45.0 Å². The van der Waals surface area contributed by atoms with Gasteiger partial charge in [-0.2, -0.15) is 0 Å². The highest BCUT2D eigenvalue weighted by atomic mass is 14.9. The standard InChI is InChI=1S/C20H28N.C18H24N.C17H22N.C16H20N.4CH4/c1-13(2)17-8-9-18(15(5)10-17)20-11-16(6)19(14(3)4)12-21(20)7;1-12(2)17-10-18(19(6)11-15(17)5)16-8-7-13(3)9-14(16)4;1-6-15-7-8-16(13(3)10-15)17-14(4)9-12(2)11-18(17)5;1-11-6-7-15(13(3)8-11)16-14(4)9-12(2)10-17(16)5;;;;/h8-14H,1-7H3;7-12H,1-6H3;7-11H,6H2,1-5H3;6-10H,1-5H3;4*1H4/q4*+1;;;;/i3D3,13D,14D;1D3,3D3,5D3,12D;1D3,2D3,6D2;1D3,2D3;;;;. The second-order valence-corrected chi connectivity index (χ2v) is 19.7. The summed E-state index contributed by atoms with van der Waals surface area (Å²) in [5.74, 6) is -4.47. The molecule has 4 heteroatoms. The zero-order valence-corrected chi connectivity index (χ0v) is 46.3. The summed E-state index contributed by atoms with van der Waals surface area (Å²) in [4.78, 5) is 0. The van der Waals surface area contributed by atoms with Crippen molar-refractivity contribution in [3.8, 4) is 45.0 Å². The lowest BCUT2D eigenvalue weighted by Gasteiger charge is -2.13. The fraction of sp³-hybridized carbons (Fsp3) is 0.413. The summed E-state index contributed by atoms with van der Waals surface area (Å²) in [6.07, 6.45) is 3.80. The molecule has 8 aromatic rings. The van der Waals surface area contributed by atoms with Gasteiger partial charge in [0.05, 0.1) is 0 Å². The predicted molar refractivity (Wildman–Crippen MR) is 348 cm³/mol. The van der Waals surface area contributed by atoms with Crippen molar-refractivity contribution in [3.63, 3.8) is 0 Å². The Bertz CT molecular complexity index is 4410. The van der Waals surface area contributed by atoms with E-state index in [2.05, 4.69) is 0 Å². The summed E-state index contributed by atoms with van der Waals surface area (Å²) in [6.45, 7) is 0.0340. The molecule has 4 heterocycles. The summed E-state index contributed by atoms with van der Waals surface area (Å²) in [6, 6.07) is 27.0. The molecular formula is C75H110N4+4. The van der Waals surface area contributed by atoms with E-state index in [-0.39, 0.29) is 63.1 Å². The highest BCUT2D eigenvalue weighted by Gasteiger charge is 2.21. The third-order valence-corrected chi connectivity index (χ3v) is 13.1. The van der Waals surface area contributed by atoms with Gasteiger partial charge in [0.25, 0.3) is 0 Å². The maximum Gasteiger partial charge on any atom is 0.215 e. The van der Waals surface area contributed by atoms with E-state index < -0.39 is 78.9 Å². The molecule has 0 aliphatic rings. The van der Waals surface area contributed by atoms with Crippen LogP contribution < -0.4 is 18.3 Å². The van der Waals surface area contributed by atoms with Gasteiger partial charge in [0.1, 0.15) is 28.2 Å². The summed E-state index contributed by atoms with van der Waals surface area (Å²) in [5.41, 5.74) is 14.4. The first-order valence-corrected chi connectivity index (χ1v) is 24.6. The van der Waals surface area contributed by atoms with Crippen molar-refractivity contribution in [2.45, 2.75) is 185 Å². The molecule has 0 aliphatic carbocycles. The Balaban J connectivity index is 0.000000713. The van der Waals surface area contributed by atoms with Gasteiger partial charge in [-0.1, -0.05) is 138 Å². The zero-order valence-electron chi connectivity index (χ0n) is 75.3. The second-order valence-electron chi connectivity index (χ2n) is 19.7. The van der Waals surface area contributed by atoms with Crippen LogP contribution >= 0.6 is 0 Å². The Hall–Kier alpha value is -6.52. The molecule has 8 rings (SSSR count). The maximum absolute atomic E-state index is 8.44. The Morgan fingerprint density at radius 2 is 0.835 bits per heavy atom. The molecule has 79 heavy (non-hydrogen) atoms. The van der Waals surface area contributed by atoms with E-state index in [0.717, 1.165) is 72.7 Å². The van der Waals surface area contributed by atoms with E-state index in [1.165, 1.54) is 44.3 Å². The van der Waals surface area contributed by atoms with E-state index in [0.29, 0.717) is 27.9 Å². The van der Waals surface area contributed by atoms with E-state index >= 15 is 0 Å². The van der Waals surface area contributed by atoms with Gasteiger partial charge in [0.15, 0.2) is 24.8 Å². The Kier molecular flexibility index (Phi) is 14.0. The van der Waals surface area contributed by atoms with Crippen LogP contribution in [0.3, 0.4) is 0 Å². The maximum atomic E-state index is 8.44. The fourth-order valence-corrected chi connectivity index (χ4v) is 9.37. The first-order chi connectivity index (χ1) is 46.6. The number of nitrogens with zero attached hydrogens (tertiary/aromatic N) is 4. The SMILES string of the molecule is C.C.C.C.[2H]C(C)(C)c1ccc(-c2cc(C)c(C([2H])(C)C([2H])([2H])[2H])c[n+]2C)c(C)c1.[2H]C([2H])([2H])c1cc(C)c(-c2ccc(C([2H])([2H])C([2H])([2H])[2H])cc2C)[n+](C)c1.[2H]C([2H])([2H])c1ccc(-c2c(C)cc(C([2H])([2H])[2H])c[n+]2C)c(C)c1.[2H]C([2H])([2H])c1ccc(-c2cc(C([2H])(C)C([2H])([2H])[2H])c(C([2H])([2H])[2H])c[n+]2C)c(C)c1. The molecule has 0 spiro atoms. The minimum Gasteiger partial charge on any atom is -0.201 e. The molecular weight excluding hydrogens is 957 g/mol. The average molecular weight is 1100 g/mol. The number of hydrogen-bond donors (Lipinski definition) is 0. The second kappa shape index (κ2) is 30.7. The van der Waals surface area contributed by atoms with Gasteiger partial charge < -0.3 is 0 Å². The molecule has 4 aromatic heterocycles. The molecule has 2 unspecified atom stereocenters. The lowest BCUT2D eigenvalue weighted by atomic mass is 9.94. The minimum absolute atomic E-state index is 0. The Labute approximate surface area is 526 Å². The van der Waals surface area contributed by atoms with Crippen molar-refractivity contribution >= 4 is 0 Å². The molecule has 426 valence electrons. The number of aryl methyl sites for hydroxylation is 17.